The van der Waals surface area contributed by atoms with Gasteiger partial charge in [-0.3, -0.25) is 0 Å². The number of sulfonamides is 1. The Morgan fingerprint density at radius 3 is 2.67 bits per heavy atom. The Bertz CT molecular complexity index is 499. The van der Waals surface area contributed by atoms with Crippen LogP contribution in [0.2, 0.25) is 0 Å². The number of nitrogens with zero attached hydrogens (tertiary/aromatic N) is 1. The summed E-state index contributed by atoms with van der Waals surface area (Å²) in [5, 5.41) is 0. The van der Waals surface area contributed by atoms with Gasteiger partial charge in [-0.2, -0.15) is 0 Å². The largest absolute Gasteiger partial charge is 0.302 e. The average molecular weight is 333 g/mol. The van der Waals surface area contributed by atoms with Gasteiger partial charge in [-0.1, -0.05) is 22.0 Å². The molecule has 0 saturated carbocycles. The normalized spacial score (nSPS) is 17.2. The third-order valence-corrected chi connectivity index (χ3v) is 4.98. The van der Waals surface area contributed by atoms with E-state index < -0.39 is 10.0 Å². The van der Waals surface area contributed by atoms with E-state index in [1.54, 1.807) is 18.2 Å². The van der Waals surface area contributed by atoms with E-state index in [0.717, 1.165) is 24.1 Å². The van der Waals surface area contributed by atoms with Gasteiger partial charge < -0.3 is 4.90 Å². The molecule has 0 amide bonds. The van der Waals surface area contributed by atoms with Crippen LogP contribution in [-0.2, 0) is 10.0 Å². The Morgan fingerprint density at radius 1 is 1.28 bits per heavy atom. The van der Waals surface area contributed by atoms with Crippen molar-refractivity contribution < 1.29 is 8.42 Å². The molecule has 6 heteroatoms. The summed E-state index contributed by atoms with van der Waals surface area (Å²) >= 11 is 3.28. The summed E-state index contributed by atoms with van der Waals surface area (Å²) in [4.78, 5) is 2.59. The van der Waals surface area contributed by atoms with Crippen molar-refractivity contribution in [3.8, 4) is 0 Å². The molecular formula is C12H17BrN2O2S. The predicted molar refractivity (Wildman–Crippen MR) is 75.0 cm³/mol. The van der Waals surface area contributed by atoms with E-state index in [2.05, 4.69) is 25.6 Å². The first-order chi connectivity index (χ1) is 8.58. The van der Waals surface area contributed by atoms with Gasteiger partial charge in [0.1, 0.15) is 0 Å². The van der Waals surface area contributed by atoms with Crippen molar-refractivity contribution in [2.24, 2.45) is 0 Å². The molecule has 0 aliphatic carbocycles. The molecule has 1 heterocycles. The van der Waals surface area contributed by atoms with Crippen LogP contribution in [0.1, 0.15) is 12.8 Å². The maximum Gasteiger partial charge on any atom is 0.240 e. The van der Waals surface area contributed by atoms with Crippen molar-refractivity contribution in [3.05, 3.63) is 28.7 Å². The van der Waals surface area contributed by atoms with Gasteiger partial charge in [-0.15, -0.1) is 0 Å². The number of likely N-dealkylation sites (tertiary alicyclic amines) is 1. The SMILES string of the molecule is O=S(=O)(NCCN1CCCC1)c1cccc(Br)c1. The van der Waals surface area contributed by atoms with Crippen molar-refractivity contribution in [2.75, 3.05) is 26.2 Å². The molecule has 18 heavy (non-hydrogen) atoms. The van der Waals surface area contributed by atoms with Crippen molar-refractivity contribution in [1.29, 1.82) is 0 Å². The molecule has 0 radical (unpaired) electrons. The highest BCUT2D eigenvalue weighted by Gasteiger charge is 2.15. The molecule has 0 unspecified atom stereocenters. The van der Waals surface area contributed by atoms with Gasteiger partial charge >= 0.3 is 0 Å². The molecule has 0 spiro atoms. The highest BCUT2D eigenvalue weighted by molar-refractivity contribution is 9.10. The van der Waals surface area contributed by atoms with E-state index in [1.165, 1.54) is 12.8 Å². The lowest BCUT2D eigenvalue weighted by atomic mass is 10.4. The molecule has 1 aromatic carbocycles. The predicted octanol–water partition coefficient (Wildman–Crippen LogP) is 1.82. The minimum Gasteiger partial charge on any atom is -0.302 e. The lowest BCUT2D eigenvalue weighted by molar-refractivity contribution is 0.344. The van der Waals surface area contributed by atoms with Crippen LogP contribution in [0.4, 0.5) is 0 Å². The number of rotatable bonds is 5. The average Bonchev–Trinajstić information content (AvgIpc) is 2.82. The minimum absolute atomic E-state index is 0.304. The first-order valence-corrected chi connectivity index (χ1v) is 8.33. The first-order valence-electron chi connectivity index (χ1n) is 6.05. The number of halogens is 1. The summed E-state index contributed by atoms with van der Waals surface area (Å²) in [6.07, 6.45) is 2.44. The van der Waals surface area contributed by atoms with Gasteiger partial charge in [-0.05, 0) is 44.1 Å². The zero-order valence-corrected chi connectivity index (χ0v) is 12.5. The zero-order chi connectivity index (χ0) is 13.0. The second-order valence-electron chi connectivity index (χ2n) is 4.40. The van der Waals surface area contributed by atoms with E-state index in [4.69, 9.17) is 0 Å². The third kappa shape index (κ3) is 3.78. The Morgan fingerprint density at radius 2 is 2.00 bits per heavy atom. The smallest absolute Gasteiger partial charge is 0.240 e. The van der Waals surface area contributed by atoms with Gasteiger partial charge in [0, 0.05) is 17.6 Å². The van der Waals surface area contributed by atoms with Crippen molar-refractivity contribution in [3.63, 3.8) is 0 Å². The molecule has 4 nitrogen and oxygen atoms in total. The molecular weight excluding hydrogens is 316 g/mol. The van der Waals surface area contributed by atoms with Crippen LogP contribution in [0.5, 0.6) is 0 Å². The van der Waals surface area contributed by atoms with Crippen molar-refractivity contribution in [2.45, 2.75) is 17.7 Å². The van der Waals surface area contributed by atoms with E-state index >= 15 is 0 Å². The maximum absolute atomic E-state index is 12.0. The molecule has 1 N–H and O–H groups in total. The molecule has 1 aliphatic rings. The quantitative estimate of drug-likeness (QED) is 0.894. The third-order valence-electron chi connectivity index (χ3n) is 3.03. The molecule has 2 rings (SSSR count). The Balaban J connectivity index is 1.90. The molecule has 0 bridgehead atoms. The molecule has 1 aliphatic heterocycles. The Labute approximate surface area is 117 Å². The van der Waals surface area contributed by atoms with Crippen LogP contribution in [0.3, 0.4) is 0 Å². The van der Waals surface area contributed by atoms with Gasteiger partial charge in [0.05, 0.1) is 4.90 Å². The fourth-order valence-corrected chi connectivity index (χ4v) is 3.68. The van der Waals surface area contributed by atoms with Gasteiger partial charge in [0.15, 0.2) is 0 Å². The minimum atomic E-state index is -3.38. The maximum atomic E-state index is 12.0. The van der Waals surface area contributed by atoms with Gasteiger partial charge in [0.2, 0.25) is 10.0 Å². The van der Waals surface area contributed by atoms with Crippen LogP contribution in [0.15, 0.2) is 33.6 Å². The summed E-state index contributed by atoms with van der Waals surface area (Å²) in [6.45, 7) is 3.42. The second kappa shape index (κ2) is 6.14. The van der Waals surface area contributed by atoms with E-state index in [-0.39, 0.29) is 0 Å². The number of hydrogen-bond acceptors (Lipinski definition) is 3. The van der Waals surface area contributed by atoms with Crippen LogP contribution in [-0.4, -0.2) is 39.5 Å². The fraction of sp³-hybridized carbons (Fsp3) is 0.500. The molecule has 100 valence electrons. The van der Waals surface area contributed by atoms with E-state index in [9.17, 15) is 8.42 Å². The molecule has 1 fully saturated rings. The van der Waals surface area contributed by atoms with E-state index in [1.807, 2.05) is 6.07 Å². The van der Waals surface area contributed by atoms with Crippen LogP contribution in [0, 0.1) is 0 Å². The summed E-state index contributed by atoms with van der Waals surface area (Å²) in [5.41, 5.74) is 0. The number of hydrogen-bond donors (Lipinski definition) is 1. The monoisotopic (exact) mass is 332 g/mol. The van der Waals surface area contributed by atoms with Crippen LogP contribution >= 0.6 is 15.9 Å². The fourth-order valence-electron chi connectivity index (χ4n) is 2.06. The van der Waals surface area contributed by atoms with Gasteiger partial charge in [-0.25, -0.2) is 13.1 Å². The molecule has 1 saturated heterocycles. The van der Waals surface area contributed by atoms with E-state index in [0.29, 0.717) is 11.4 Å². The van der Waals surface area contributed by atoms with Crippen LogP contribution < -0.4 is 4.72 Å². The second-order valence-corrected chi connectivity index (χ2v) is 7.09. The summed E-state index contributed by atoms with van der Waals surface area (Å²) in [6, 6.07) is 6.74. The standard InChI is InChI=1S/C12H17BrN2O2S/c13-11-4-3-5-12(10-11)18(16,17)14-6-9-15-7-1-2-8-15/h3-5,10,14H,1-2,6-9H2. The topological polar surface area (TPSA) is 49.4 Å². The summed E-state index contributed by atoms with van der Waals surface area (Å²) in [5.74, 6) is 0. The van der Waals surface area contributed by atoms with Crippen molar-refractivity contribution >= 4 is 26.0 Å². The zero-order valence-electron chi connectivity index (χ0n) is 10.1. The highest BCUT2D eigenvalue weighted by Crippen LogP contribution is 2.15. The van der Waals surface area contributed by atoms with Crippen LogP contribution in [0.25, 0.3) is 0 Å². The molecule has 0 aromatic heterocycles. The Kier molecular flexibility index (Phi) is 4.77. The van der Waals surface area contributed by atoms with Gasteiger partial charge in [0.25, 0.3) is 0 Å². The molecule has 1 aromatic rings. The summed E-state index contributed by atoms with van der Waals surface area (Å²) in [7, 11) is -3.38. The lowest BCUT2D eigenvalue weighted by Gasteiger charge is -2.14. The number of nitrogens with one attached hydrogen (secondary N) is 1. The lowest BCUT2D eigenvalue weighted by Crippen LogP contribution is -2.33. The first kappa shape index (κ1) is 14.0. The summed E-state index contributed by atoms with van der Waals surface area (Å²) < 4.78 is 27.4. The highest BCUT2D eigenvalue weighted by atomic mass is 79.9. The molecule has 0 atom stereocenters. The Hall–Kier alpha value is -0.430. The number of benzene rings is 1. The van der Waals surface area contributed by atoms with Crippen molar-refractivity contribution in [1.82, 2.24) is 9.62 Å².